The Morgan fingerprint density at radius 2 is 1.75 bits per heavy atom. The van der Waals surface area contributed by atoms with Crippen LogP contribution in [0.5, 0.6) is 5.75 Å². The second-order valence-electron chi connectivity index (χ2n) is 4.30. The molecule has 0 heterocycles. The van der Waals surface area contributed by atoms with Gasteiger partial charge in [-0.25, -0.2) is 13.2 Å². The van der Waals surface area contributed by atoms with Crippen molar-refractivity contribution in [2.24, 2.45) is 5.73 Å². The van der Waals surface area contributed by atoms with Crippen molar-refractivity contribution >= 4 is 0 Å². The summed E-state index contributed by atoms with van der Waals surface area (Å²) in [6, 6.07) is 8.00. The lowest BCUT2D eigenvalue weighted by Gasteiger charge is -2.12. The largest absolute Gasteiger partial charge is 0.486 e. The van der Waals surface area contributed by atoms with E-state index in [-0.39, 0.29) is 12.4 Å². The highest BCUT2D eigenvalue weighted by atomic mass is 19.2. The molecular weight excluding hydrogens is 267 g/mol. The average molecular weight is 281 g/mol. The van der Waals surface area contributed by atoms with Crippen molar-refractivity contribution in [2.45, 2.75) is 13.0 Å². The Morgan fingerprint density at radius 1 is 0.950 bits per heavy atom. The van der Waals surface area contributed by atoms with Crippen molar-refractivity contribution in [3.63, 3.8) is 0 Å². The molecule has 0 aliphatic heterocycles. The van der Waals surface area contributed by atoms with Gasteiger partial charge in [-0.05, 0) is 42.3 Å². The van der Waals surface area contributed by atoms with Gasteiger partial charge in [0.15, 0.2) is 23.2 Å². The van der Waals surface area contributed by atoms with Crippen molar-refractivity contribution < 1.29 is 17.9 Å². The first-order valence-electron chi connectivity index (χ1n) is 6.16. The van der Waals surface area contributed by atoms with E-state index >= 15 is 0 Å². The summed E-state index contributed by atoms with van der Waals surface area (Å²) in [5, 5.41) is 0. The van der Waals surface area contributed by atoms with Crippen LogP contribution in [-0.2, 0) is 13.0 Å². The minimum atomic E-state index is -0.957. The summed E-state index contributed by atoms with van der Waals surface area (Å²) >= 11 is 0. The molecule has 0 saturated carbocycles. The summed E-state index contributed by atoms with van der Waals surface area (Å²) in [5.74, 6) is -2.29. The molecule has 0 bridgehead atoms. The van der Waals surface area contributed by atoms with Crippen LogP contribution in [0, 0.1) is 17.5 Å². The lowest BCUT2D eigenvalue weighted by Crippen LogP contribution is -2.07. The minimum Gasteiger partial charge on any atom is -0.486 e. The maximum Gasteiger partial charge on any atom is 0.165 e. The molecule has 0 unspecified atom stereocenters. The summed E-state index contributed by atoms with van der Waals surface area (Å²) in [7, 11) is 0. The van der Waals surface area contributed by atoms with Crippen molar-refractivity contribution in [2.75, 3.05) is 6.54 Å². The molecule has 0 radical (unpaired) electrons. The van der Waals surface area contributed by atoms with Crippen LogP contribution in [0.4, 0.5) is 13.2 Å². The predicted octanol–water partition coefficient (Wildman–Crippen LogP) is 3.18. The van der Waals surface area contributed by atoms with Crippen LogP contribution in [-0.4, -0.2) is 6.54 Å². The Hall–Kier alpha value is -2.01. The van der Waals surface area contributed by atoms with E-state index in [0.717, 1.165) is 12.1 Å². The third-order valence-electron chi connectivity index (χ3n) is 2.83. The fraction of sp³-hybridized carbons (Fsp3) is 0.200. The third-order valence-corrected chi connectivity index (χ3v) is 2.83. The Bertz CT molecular complexity index is 602. The van der Waals surface area contributed by atoms with Crippen molar-refractivity contribution in [3.05, 3.63) is 65.0 Å². The molecule has 0 aliphatic rings. The normalized spacial score (nSPS) is 10.6. The predicted molar refractivity (Wildman–Crippen MR) is 69.8 cm³/mol. The molecule has 0 aromatic heterocycles. The molecule has 0 fully saturated rings. The molecule has 0 spiro atoms. The molecule has 0 aliphatic carbocycles. The Labute approximate surface area is 115 Å². The Balaban J connectivity index is 2.15. The first-order chi connectivity index (χ1) is 9.61. The van der Waals surface area contributed by atoms with Gasteiger partial charge in [0.05, 0.1) is 0 Å². The Morgan fingerprint density at radius 3 is 2.45 bits per heavy atom. The number of ether oxygens (including phenoxy) is 1. The third kappa shape index (κ3) is 3.30. The molecule has 106 valence electrons. The van der Waals surface area contributed by atoms with Crippen LogP contribution in [0.25, 0.3) is 0 Å². The van der Waals surface area contributed by atoms with Gasteiger partial charge in [-0.1, -0.05) is 18.2 Å². The number of benzene rings is 2. The fourth-order valence-corrected chi connectivity index (χ4v) is 1.85. The number of hydrogen-bond acceptors (Lipinski definition) is 2. The van der Waals surface area contributed by atoms with Crippen LogP contribution in [0.2, 0.25) is 0 Å². The fourth-order valence-electron chi connectivity index (χ4n) is 1.85. The molecule has 2 nitrogen and oxygen atoms in total. The molecule has 20 heavy (non-hydrogen) atoms. The number of rotatable bonds is 5. The van der Waals surface area contributed by atoms with Crippen LogP contribution in [0.1, 0.15) is 11.1 Å². The van der Waals surface area contributed by atoms with Gasteiger partial charge < -0.3 is 10.5 Å². The van der Waals surface area contributed by atoms with Gasteiger partial charge in [0.2, 0.25) is 0 Å². The maximum absolute atomic E-state index is 13.7. The number of para-hydroxylation sites is 1. The van der Waals surface area contributed by atoms with Crippen molar-refractivity contribution in [3.8, 4) is 5.75 Å². The lowest BCUT2D eigenvalue weighted by molar-refractivity contribution is 0.286. The summed E-state index contributed by atoms with van der Waals surface area (Å²) in [4.78, 5) is 0. The molecule has 2 aromatic rings. The molecule has 0 saturated heterocycles. The second-order valence-corrected chi connectivity index (χ2v) is 4.30. The SMILES string of the molecule is NCCc1cccc(F)c1OCc1ccc(F)c(F)c1. The number of nitrogens with two attached hydrogens (primary N) is 1. The van der Waals surface area contributed by atoms with Gasteiger partial charge in [-0.2, -0.15) is 0 Å². The molecule has 0 atom stereocenters. The molecule has 2 aromatic carbocycles. The van der Waals surface area contributed by atoms with Crippen LogP contribution < -0.4 is 10.5 Å². The van der Waals surface area contributed by atoms with E-state index in [1.165, 1.54) is 12.1 Å². The van der Waals surface area contributed by atoms with Crippen LogP contribution >= 0.6 is 0 Å². The van der Waals surface area contributed by atoms with Crippen LogP contribution in [0.3, 0.4) is 0 Å². The van der Waals surface area contributed by atoms with Gasteiger partial charge in [-0.15, -0.1) is 0 Å². The highest BCUT2D eigenvalue weighted by molar-refractivity contribution is 5.35. The smallest absolute Gasteiger partial charge is 0.165 e. The number of halogens is 3. The molecular formula is C15H14F3NO. The zero-order chi connectivity index (χ0) is 14.5. The second kappa shape index (κ2) is 6.43. The van der Waals surface area contributed by atoms with Gasteiger partial charge in [0, 0.05) is 0 Å². The summed E-state index contributed by atoms with van der Waals surface area (Å²) in [6.45, 7) is 0.320. The summed E-state index contributed by atoms with van der Waals surface area (Å²) in [5.41, 5.74) is 6.52. The molecule has 5 heteroatoms. The maximum atomic E-state index is 13.7. The number of hydrogen-bond donors (Lipinski definition) is 1. The lowest BCUT2D eigenvalue weighted by atomic mass is 10.1. The monoisotopic (exact) mass is 281 g/mol. The highest BCUT2D eigenvalue weighted by Crippen LogP contribution is 2.24. The van der Waals surface area contributed by atoms with Gasteiger partial charge in [0.1, 0.15) is 6.61 Å². The molecule has 0 amide bonds. The van der Waals surface area contributed by atoms with E-state index in [9.17, 15) is 13.2 Å². The minimum absolute atomic E-state index is 0.0459. The Kier molecular flexibility index (Phi) is 4.63. The topological polar surface area (TPSA) is 35.2 Å². The van der Waals surface area contributed by atoms with E-state index in [4.69, 9.17) is 10.5 Å². The first kappa shape index (κ1) is 14.4. The quantitative estimate of drug-likeness (QED) is 0.913. The first-order valence-corrected chi connectivity index (χ1v) is 6.16. The van der Waals surface area contributed by atoms with E-state index in [2.05, 4.69) is 0 Å². The average Bonchev–Trinajstić information content (AvgIpc) is 2.42. The van der Waals surface area contributed by atoms with Crippen LogP contribution in [0.15, 0.2) is 36.4 Å². The molecule has 2 rings (SSSR count). The van der Waals surface area contributed by atoms with E-state index in [1.54, 1.807) is 12.1 Å². The van der Waals surface area contributed by atoms with Gasteiger partial charge >= 0.3 is 0 Å². The summed E-state index contributed by atoms with van der Waals surface area (Å²) < 4.78 is 45.0. The zero-order valence-electron chi connectivity index (χ0n) is 10.7. The highest BCUT2D eigenvalue weighted by Gasteiger charge is 2.10. The van der Waals surface area contributed by atoms with E-state index in [1.807, 2.05) is 0 Å². The molecule has 2 N–H and O–H groups in total. The van der Waals surface area contributed by atoms with E-state index in [0.29, 0.717) is 24.1 Å². The van der Waals surface area contributed by atoms with Crippen molar-refractivity contribution in [1.29, 1.82) is 0 Å². The van der Waals surface area contributed by atoms with E-state index < -0.39 is 17.5 Å². The standard InChI is InChI=1S/C15H14F3NO/c16-12-5-4-10(8-14(12)18)9-20-15-11(6-7-19)2-1-3-13(15)17/h1-5,8H,6-7,9,19H2. The summed E-state index contributed by atoms with van der Waals surface area (Å²) in [6.07, 6.45) is 0.477. The zero-order valence-corrected chi connectivity index (χ0v) is 10.7. The van der Waals surface area contributed by atoms with Crippen molar-refractivity contribution in [1.82, 2.24) is 0 Å². The van der Waals surface area contributed by atoms with Gasteiger partial charge in [0.25, 0.3) is 0 Å². The van der Waals surface area contributed by atoms with Gasteiger partial charge in [-0.3, -0.25) is 0 Å².